The van der Waals surface area contributed by atoms with Crippen molar-refractivity contribution >= 4 is 38.7 Å². The van der Waals surface area contributed by atoms with Crippen LogP contribution in [-0.2, 0) is 32.8 Å². The maximum atomic E-state index is 16.0. The predicted octanol–water partition coefficient (Wildman–Crippen LogP) is 6.31. The lowest BCUT2D eigenvalue weighted by Gasteiger charge is -2.38. The average molecular weight is 661 g/mol. The zero-order chi connectivity index (χ0) is 32.0. The highest BCUT2D eigenvalue weighted by Crippen LogP contribution is 2.48. The average Bonchev–Trinajstić information content (AvgIpc) is 3.70. The highest BCUT2D eigenvalue weighted by molar-refractivity contribution is 7.18. The molecule has 0 atom stereocenters. The summed E-state index contributed by atoms with van der Waals surface area (Å²) in [6.07, 6.45) is 1.87. The molecule has 236 valence electrons. The third kappa shape index (κ3) is 5.39. The number of pyridine rings is 1. The van der Waals surface area contributed by atoms with Crippen LogP contribution in [0.25, 0.3) is 43.2 Å². The monoisotopic (exact) mass is 660 g/mol. The molecular formula is C34H30F2N4O4S2. The number of thiazole rings is 1. The lowest BCUT2D eigenvalue weighted by molar-refractivity contribution is -0.126. The number of aromatic nitrogens is 2. The van der Waals surface area contributed by atoms with Gasteiger partial charge in [-0.15, -0.1) is 22.7 Å². The summed E-state index contributed by atoms with van der Waals surface area (Å²) in [5.74, 6) is -1.63. The van der Waals surface area contributed by atoms with Crippen LogP contribution in [0.1, 0.15) is 16.1 Å². The van der Waals surface area contributed by atoms with Crippen LogP contribution in [0.3, 0.4) is 0 Å². The number of thiophene rings is 1. The molecule has 7 rings (SSSR count). The Labute approximate surface area is 272 Å². The van der Waals surface area contributed by atoms with Crippen molar-refractivity contribution in [2.75, 3.05) is 40.1 Å². The maximum absolute atomic E-state index is 16.0. The first kappa shape index (κ1) is 30.6. The third-order valence-corrected chi connectivity index (χ3v) is 10.3. The number of hydrogen-bond acceptors (Lipinski definition) is 9. The van der Waals surface area contributed by atoms with Gasteiger partial charge in [-0.05, 0) is 23.1 Å². The molecule has 5 heterocycles. The molecule has 5 aromatic rings. The van der Waals surface area contributed by atoms with Gasteiger partial charge in [-0.3, -0.25) is 4.79 Å². The van der Waals surface area contributed by atoms with Gasteiger partial charge in [0.15, 0.2) is 0 Å². The van der Waals surface area contributed by atoms with Crippen molar-refractivity contribution in [2.24, 2.45) is 5.73 Å². The van der Waals surface area contributed by atoms with Crippen LogP contribution in [0.15, 0.2) is 60.5 Å². The summed E-state index contributed by atoms with van der Waals surface area (Å²) in [6.45, 7) is 5.78. The molecule has 2 aliphatic rings. The summed E-state index contributed by atoms with van der Waals surface area (Å²) >= 11 is 2.85. The van der Waals surface area contributed by atoms with E-state index < -0.39 is 17.2 Å². The number of methoxy groups -OCH3 is 1. The zero-order valence-corrected chi connectivity index (χ0v) is 26.6. The van der Waals surface area contributed by atoms with E-state index in [0.29, 0.717) is 54.7 Å². The van der Waals surface area contributed by atoms with Gasteiger partial charge < -0.3 is 24.8 Å². The molecule has 1 amide bonds. The van der Waals surface area contributed by atoms with Gasteiger partial charge in [0.2, 0.25) is 5.91 Å². The molecule has 0 unspecified atom stereocenters. The number of carbonyl (C=O) groups excluding carboxylic acids is 1. The first-order chi connectivity index (χ1) is 22.3. The van der Waals surface area contributed by atoms with Crippen molar-refractivity contribution in [2.45, 2.75) is 18.5 Å². The molecule has 2 N–H and O–H groups in total. The van der Waals surface area contributed by atoms with Gasteiger partial charge in [0.05, 0.1) is 48.9 Å². The largest absolute Gasteiger partial charge is 0.490 e. The molecule has 2 aromatic carbocycles. The Bertz CT molecular complexity index is 1970. The van der Waals surface area contributed by atoms with E-state index in [1.807, 2.05) is 35.7 Å². The first-order valence-electron chi connectivity index (χ1n) is 14.7. The van der Waals surface area contributed by atoms with E-state index in [4.69, 9.17) is 29.9 Å². The molecule has 0 bridgehead atoms. The van der Waals surface area contributed by atoms with E-state index in [-0.39, 0.29) is 30.4 Å². The molecule has 0 radical (unpaired) electrons. The standard InChI is InChI=1S/C34H30F2N4O4S2/c1-3-27(41)40-10-8-24-26(16-40)46-33(38-24)31-29(28-23(36)14-21(35)15-25(28)44-12-11-42-2)32-22(9-13-45-32)30(39-31)19-4-6-20(7-5-19)34(37)17-43-18-34/h3-7,9,13-15H,1,8,10-12,16-18,37H2,2H3. The molecule has 0 spiro atoms. The van der Waals surface area contributed by atoms with Crippen molar-refractivity contribution in [1.29, 1.82) is 0 Å². The molecular weight excluding hydrogens is 631 g/mol. The summed E-state index contributed by atoms with van der Waals surface area (Å²) < 4.78 is 47.7. The van der Waals surface area contributed by atoms with Crippen molar-refractivity contribution in [3.8, 4) is 38.8 Å². The van der Waals surface area contributed by atoms with Gasteiger partial charge in [-0.25, -0.2) is 18.7 Å². The molecule has 0 aliphatic carbocycles. The Morgan fingerprint density at radius 3 is 2.65 bits per heavy atom. The zero-order valence-electron chi connectivity index (χ0n) is 25.0. The predicted molar refractivity (Wildman–Crippen MR) is 175 cm³/mol. The number of nitrogens with two attached hydrogens (primary N) is 1. The second-order valence-corrected chi connectivity index (χ2v) is 13.3. The highest BCUT2D eigenvalue weighted by atomic mass is 32.1. The first-order valence-corrected chi connectivity index (χ1v) is 16.4. The van der Waals surface area contributed by atoms with Gasteiger partial charge >= 0.3 is 0 Å². The van der Waals surface area contributed by atoms with Crippen LogP contribution in [0.4, 0.5) is 8.78 Å². The number of nitrogens with zero attached hydrogens (tertiary/aromatic N) is 3. The Morgan fingerprint density at radius 1 is 1.13 bits per heavy atom. The third-order valence-electron chi connectivity index (χ3n) is 8.29. The van der Waals surface area contributed by atoms with Crippen molar-refractivity contribution in [3.05, 3.63) is 88.3 Å². The summed E-state index contributed by atoms with van der Waals surface area (Å²) in [4.78, 5) is 25.2. The lowest BCUT2D eigenvalue weighted by atomic mass is 9.88. The number of rotatable bonds is 9. The minimum atomic E-state index is -0.776. The number of fused-ring (bicyclic) bond motifs is 2. The Morgan fingerprint density at radius 2 is 1.93 bits per heavy atom. The van der Waals surface area contributed by atoms with E-state index in [2.05, 4.69) is 6.58 Å². The van der Waals surface area contributed by atoms with E-state index >= 15 is 4.39 Å². The van der Waals surface area contributed by atoms with Crippen LogP contribution in [0.5, 0.6) is 5.75 Å². The number of halogens is 2. The van der Waals surface area contributed by atoms with Crippen molar-refractivity contribution in [1.82, 2.24) is 14.9 Å². The number of ether oxygens (including phenoxy) is 3. The molecule has 1 fully saturated rings. The number of amides is 1. The van der Waals surface area contributed by atoms with Gasteiger partial charge in [0.25, 0.3) is 0 Å². The van der Waals surface area contributed by atoms with Gasteiger partial charge in [-0.1, -0.05) is 30.8 Å². The normalized spacial score (nSPS) is 15.4. The maximum Gasteiger partial charge on any atom is 0.246 e. The number of carbonyl (C=O) groups is 1. The fourth-order valence-corrected chi connectivity index (χ4v) is 7.90. The van der Waals surface area contributed by atoms with Crippen LogP contribution in [-0.4, -0.2) is 60.9 Å². The Hall–Kier alpha value is -4.07. The van der Waals surface area contributed by atoms with E-state index in [9.17, 15) is 9.18 Å². The van der Waals surface area contributed by atoms with E-state index in [1.165, 1.54) is 41.9 Å². The summed E-state index contributed by atoms with van der Waals surface area (Å²) in [5, 5.41) is 3.30. The fourth-order valence-electron chi connectivity index (χ4n) is 5.84. The number of hydrogen-bond donors (Lipinski definition) is 1. The van der Waals surface area contributed by atoms with Gasteiger partial charge in [-0.2, -0.15) is 0 Å². The van der Waals surface area contributed by atoms with Gasteiger partial charge in [0, 0.05) is 58.3 Å². The van der Waals surface area contributed by atoms with Crippen LogP contribution >= 0.6 is 22.7 Å². The molecule has 8 nitrogen and oxygen atoms in total. The quantitative estimate of drug-likeness (QED) is 0.146. The minimum Gasteiger partial charge on any atom is -0.490 e. The topological polar surface area (TPSA) is 99.8 Å². The van der Waals surface area contributed by atoms with Crippen LogP contribution < -0.4 is 10.5 Å². The fraction of sp³-hybridized carbons (Fsp3) is 0.265. The summed E-state index contributed by atoms with van der Waals surface area (Å²) in [5.41, 5.74) is 10.4. The summed E-state index contributed by atoms with van der Waals surface area (Å²) in [7, 11) is 1.53. The SMILES string of the molecule is C=CC(=O)N1CCc2nc(-c3nc(-c4ccc(C5(N)COC5)cc4)c4ccsc4c3-c3c(F)cc(F)cc3OCCOC)sc2C1. The molecule has 3 aromatic heterocycles. The van der Waals surface area contributed by atoms with E-state index in [1.54, 1.807) is 4.90 Å². The molecule has 46 heavy (non-hydrogen) atoms. The van der Waals surface area contributed by atoms with Crippen LogP contribution in [0, 0.1) is 11.6 Å². The molecule has 12 heteroatoms. The van der Waals surface area contributed by atoms with Crippen LogP contribution in [0.2, 0.25) is 0 Å². The van der Waals surface area contributed by atoms with Crippen molar-refractivity contribution < 1.29 is 27.8 Å². The lowest BCUT2D eigenvalue weighted by Crippen LogP contribution is -2.54. The van der Waals surface area contributed by atoms with Gasteiger partial charge in [0.1, 0.15) is 34.7 Å². The highest BCUT2D eigenvalue weighted by Gasteiger charge is 2.36. The second-order valence-electron chi connectivity index (χ2n) is 11.3. The molecule has 0 saturated carbocycles. The Balaban J connectivity index is 1.44. The molecule has 2 aliphatic heterocycles. The minimum absolute atomic E-state index is 0.0458. The summed E-state index contributed by atoms with van der Waals surface area (Å²) in [6, 6.07) is 11.9. The van der Waals surface area contributed by atoms with Crippen molar-refractivity contribution in [3.63, 3.8) is 0 Å². The molecule has 1 saturated heterocycles. The smallest absolute Gasteiger partial charge is 0.246 e. The Kier molecular flexibility index (Phi) is 8.16. The van der Waals surface area contributed by atoms with E-state index in [0.717, 1.165) is 37.9 Å². The number of benzene rings is 2. The second kappa shape index (κ2) is 12.3.